The Morgan fingerprint density at radius 1 is 1.47 bits per heavy atom. The summed E-state index contributed by atoms with van der Waals surface area (Å²) in [6.45, 7) is 8.31. The average Bonchev–Trinajstić information content (AvgIpc) is 2.70. The molecule has 2 unspecified atom stereocenters. The van der Waals surface area contributed by atoms with Crippen LogP contribution in [0.3, 0.4) is 0 Å². The maximum Gasteiger partial charge on any atom is 0.318 e. The third-order valence-corrected chi connectivity index (χ3v) is 3.72. The summed E-state index contributed by atoms with van der Waals surface area (Å²) < 4.78 is 0. The molecule has 0 bridgehead atoms. The molecule has 0 saturated carbocycles. The van der Waals surface area contributed by atoms with Crippen LogP contribution < -0.4 is 11.1 Å². The average molecular weight is 261 g/mol. The second-order valence-electron chi connectivity index (χ2n) is 5.61. The van der Waals surface area contributed by atoms with Crippen molar-refractivity contribution in [1.82, 2.24) is 10.2 Å². The van der Waals surface area contributed by atoms with E-state index in [0.29, 0.717) is 12.5 Å². The largest absolute Gasteiger partial charge is 0.330 e. The fourth-order valence-electron chi connectivity index (χ4n) is 2.59. The van der Waals surface area contributed by atoms with Gasteiger partial charge in [0.25, 0.3) is 0 Å². The molecule has 0 aliphatic carbocycles. The minimum atomic E-state index is 0.0188. The zero-order valence-corrected chi connectivity index (χ0v) is 11.9. The first kappa shape index (κ1) is 13.9. The van der Waals surface area contributed by atoms with Crippen LogP contribution >= 0.6 is 0 Å². The number of carbonyl (C=O) groups excluding carboxylic acids is 1. The van der Waals surface area contributed by atoms with E-state index in [1.54, 1.807) is 0 Å². The van der Waals surface area contributed by atoms with Crippen LogP contribution in [0, 0.1) is 19.8 Å². The first-order chi connectivity index (χ1) is 9.01. The van der Waals surface area contributed by atoms with Crippen molar-refractivity contribution < 1.29 is 4.79 Å². The quantitative estimate of drug-likeness (QED) is 0.870. The van der Waals surface area contributed by atoms with E-state index in [-0.39, 0.29) is 12.1 Å². The van der Waals surface area contributed by atoms with Gasteiger partial charge in [0.05, 0.1) is 6.04 Å². The van der Waals surface area contributed by atoms with Gasteiger partial charge in [0.1, 0.15) is 0 Å². The van der Waals surface area contributed by atoms with Gasteiger partial charge in [-0.1, -0.05) is 30.7 Å². The molecular formula is C15H23N3O. The highest BCUT2D eigenvalue weighted by Gasteiger charge is 2.30. The monoisotopic (exact) mass is 261 g/mol. The lowest BCUT2D eigenvalue weighted by atomic mass is 9.99. The molecule has 19 heavy (non-hydrogen) atoms. The molecule has 0 spiro atoms. The van der Waals surface area contributed by atoms with Gasteiger partial charge in [0.15, 0.2) is 0 Å². The molecule has 1 fully saturated rings. The first-order valence-electron chi connectivity index (χ1n) is 6.84. The minimum absolute atomic E-state index is 0.0188. The van der Waals surface area contributed by atoms with Crippen molar-refractivity contribution >= 4 is 6.03 Å². The van der Waals surface area contributed by atoms with Crippen LogP contribution in [0.25, 0.3) is 0 Å². The van der Waals surface area contributed by atoms with Gasteiger partial charge in [-0.15, -0.1) is 0 Å². The lowest BCUT2D eigenvalue weighted by Crippen LogP contribution is -2.34. The fraction of sp³-hybridized carbons (Fsp3) is 0.533. The van der Waals surface area contributed by atoms with Crippen molar-refractivity contribution in [1.29, 1.82) is 0 Å². The number of benzene rings is 1. The highest BCUT2D eigenvalue weighted by molar-refractivity contribution is 5.77. The van der Waals surface area contributed by atoms with E-state index in [2.05, 4.69) is 44.3 Å². The van der Waals surface area contributed by atoms with E-state index < -0.39 is 0 Å². The highest BCUT2D eigenvalue weighted by Crippen LogP contribution is 2.24. The summed E-state index contributed by atoms with van der Waals surface area (Å²) in [4.78, 5) is 13.8. The third-order valence-electron chi connectivity index (χ3n) is 3.72. The normalized spacial score (nSPS) is 20.5. The number of urea groups is 1. The van der Waals surface area contributed by atoms with Gasteiger partial charge in [-0.2, -0.15) is 0 Å². The number of aryl methyl sites for hydroxylation is 2. The van der Waals surface area contributed by atoms with Gasteiger partial charge in [0.2, 0.25) is 0 Å². The molecular weight excluding hydrogens is 238 g/mol. The molecule has 2 amide bonds. The molecule has 1 aromatic carbocycles. The Labute approximate surface area is 115 Å². The molecule has 104 valence electrons. The molecule has 1 aromatic rings. The molecule has 4 nitrogen and oxygen atoms in total. The summed E-state index contributed by atoms with van der Waals surface area (Å²) in [5.74, 6) is 0.337. The summed E-state index contributed by atoms with van der Waals surface area (Å²) in [5.41, 5.74) is 9.32. The summed E-state index contributed by atoms with van der Waals surface area (Å²) in [6, 6.07) is 6.49. The Morgan fingerprint density at radius 2 is 2.21 bits per heavy atom. The number of nitrogens with one attached hydrogen (secondary N) is 1. The first-order valence-corrected chi connectivity index (χ1v) is 6.84. The van der Waals surface area contributed by atoms with Gasteiger partial charge >= 0.3 is 6.03 Å². The van der Waals surface area contributed by atoms with Gasteiger partial charge in [-0.05, 0) is 37.4 Å². The number of hydrogen-bond donors (Lipinski definition) is 2. The van der Waals surface area contributed by atoms with Crippen LogP contribution in [0.5, 0.6) is 0 Å². The Hall–Kier alpha value is -1.55. The zero-order valence-electron chi connectivity index (χ0n) is 11.9. The van der Waals surface area contributed by atoms with Gasteiger partial charge in [-0.3, -0.25) is 0 Å². The van der Waals surface area contributed by atoms with E-state index in [1.165, 1.54) is 16.7 Å². The van der Waals surface area contributed by atoms with E-state index in [9.17, 15) is 4.79 Å². The number of hydrogen-bond acceptors (Lipinski definition) is 2. The van der Waals surface area contributed by atoms with E-state index >= 15 is 0 Å². The number of nitrogens with zero attached hydrogens (tertiary/aromatic N) is 1. The number of carbonyl (C=O) groups is 1. The summed E-state index contributed by atoms with van der Waals surface area (Å²) in [7, 11) is 0. The second kappa shape index (κ2) is 5.61. The molecule has 2 atom stereocenters. The fourth-order valence-corrected chi connectivity index (χ4v) is 2.59. The molecule has 1 aliphatic heterocycles. The van der Waals surface area contributed by atoms with Crippen molar-refractivity contribution in [2.75, 3.05) is 19.6 Å². The molecule has 0 aromatic heterocycles. The van der Waals surface area contributed by atoms with Crippen LogP contribution in [0.4, 0.5) is 4.79 Å². The topological polar surface area (TPSA) is 58.4 Å². The maximum absolute atomic E-state index is 12.0. The molecule has 2 rings (SSSR count). The van der Waals surface area contributed by atoms with Crippen LogP contribution in [0.2, 0.25) is 0 Å². The third kappa shape index (κ3) is 3.07. The van der Waals surface area contributed by atoms with Crippen LogP contribution in [-0.2, 0) is 0 Å². The molecule has 1 heterocycles. The summed E-state index contributed by atoms with van der Waals surface area (Å²) >= 11 is 0. The zero-order chi connectivity index (χ0) is 14.0. The van der Waals surface area contributed by atoms with Crippen molar-refractivity contribution in [3.63, 3.8) is 0 Å². The van der Waals surface area contributed by atoms with Crippen LogP contribution in [-0.4, -0.2) is 30.6 Å². The summed E-state index contributed by atoms with van der Waals surface area (Å²) in [5, 5.41) is 3.06. The van der Waals surface area contributed by atoms with Crippen LogP contribution in [0.1, 0.15) is 29.7 Å². The molecule has 3 N–H and O–H groups in total. The van der Waals surface area contributed by atoms with Crippen molar-refractivity contribution in [3.05, 3.63) is 34.9 Å². The second-order valence-corrected chi connectivity index (χ2v) is 5.61. The Balaban J connectivity index is 2.10. The number of rotatable bonds is 4. The van der Waals surface area contributed by atoms with E-state index in [4.69, 9.17) is 5.73 Å². The SMILES string of the molecule is Cc1ccc(C2CN(CC(C)CN)C(=O)N2)c(C)c1. The predicted octanol–water partition coefficient (Wildman–Crippen LogP) is 1.96. The lowest BCUT2D eigenvalue weighted by Gasteiger charge is -2.19. The van der Waals surface area contributed by atoms with Gasteiger partial charge in [0, 0.05) is 13.1 Å². The standard InChI is InChI=1S/C15H23N3O/c1-10-4-5-13(12(3)6-10)14-9-18(15(19)17-14)8-11(2)7-16/h4-6,11,14H,7-9,16H2,1-3H3,(H,17,19). The Kier molecular flexibility index (Phi) is 4.10. The molecule has 0 radical (unpaired) electrons. The molecule has 1 saturated heterocycles. The smallest absolute Gasteiger partial charge is 0.318 e. The number of amides is 2. The predicted molar refractivity (Wildman–Crippen MR) is 77.0 cm³/mol. The molecule has 4 heteroatoms. The Morgan fingerprint density at radius 3 is 2.84 bits per heavy atom. The van der Waals surface area contributed by atoms with Crippen molar-refractivity contribution in [2.24, 2.45) is 11.7 Å². The minimum Gasteiger partial charge on any atom is -0.330 e. The number of nitrogens with two attached hydrogens (primary N) is 1. The Bertz CT molecular complexity index is 472. The maximum atomic E-state index is 12.0. The van der Waals surface area contributed by atoms with E-state index in [1.807, 2.05) is 4.90 Å². The van der Waals surface area contributed by atoms with Crippen molar-refractivity contribution in [2.45, 2.75) is 26.8 Å². The molecule has 1 aliphatic rings. The van der Waals surface area contributed by atoms with Gasteiger partial charge in [-0.25, -0.2) is 4.79 Å². The lowest BCUT2D eigenvalue weighted by molar-refractivity contribution is 0.211. The summed E-state index contributed by atoms with van der Waals surface area (Å²) in [6.07, 6.45) is 0. The van der Waals surface area contributed by atoms with E-state index in [0.717, 1.165) is 13.1 Å². The van der Waals surface area contributed by atoms with Crippen molar-refractivity contribution in [3.8, 4) is 0 Å². The van der Waals surface area contributed by atoms with Gasteiger partial charge < -0.3 is 16.0 Å². The highest BCUT2D eigenvalue weighted by atomic mass is 16.2. The van der Waals surface area contributed by atoms with Crippen LogP contribution in [0.15, 0.2) is 18.2 Å².